The minimum atomic E-state index is -5.03. The summed E-state index contributed by atoms with van der Waals surface area (Å²) < 4.78 is 122. The van der Waals surface area contributed by atoms with E-state index in [9.17, 15) is 43.9 Å². The molecule has 0 saturated carbocycles. The van der Waals surface area contributed by atoms with Gasteiger partial charge in [-0.3, -0.25) is 4.79 Å². The van der Waals surface area contributed by atoms with Gasteiger partial charge in [0.2, 0.25) is 15.9 Å². The van der Waals surface area contributed by atoms with Crippen molar-refractivity contribution in [2.45, 2.75) is 56.3 Å². The standard InChI is InChI=1S/C28H32F7N3O3S/c1-17-11-21(29)3-4-23(17)25-16-38(42(40,41)22-5-8-36-9-6-22)10-7-24(25)26(39)37(2)15-18-12-19(27(30,31)32)14-20(13-18)28(33,34)35/h3-4,11-14,22,24-25,36H,5-10,15-16H2,1-2H3/t24-,25+/m1/s1. The lowest BCUT2D eigenvalue weighted by Crippen LogP contribution is -2.51. The number of aryl methyl sites for hydroxylation is 1. The Kier molecular flexibility index (Phi) is 9.29. The fraction of sp³-hybridized carbons (Fsp3) is 0.536. The summed E-state index contributed by atoms with van der Waals surface area (Å²) in [7, 11) is -2.44. The molecular weight excluding hydrogens is 591 g/mol. The predicted octanol–water partition coefficient (Wildman–Crippen LogP) is 5.32. The van der Waals surface area contributed by atoms with Crippen LogP contribution in [-0.2, 0) is 33.7 Å². The highest BCUT2D eigenvalue weighted by Crippen LogP contribution is 2.39. The highest BCUT2D eigenvalue weighted by atomic mass is 32.2. The third kappa shape index (κ3) is 7.08. The number of piperidine rings is 2. The molecule has 2 aliphatic heterocycles. The molecule has 0 radical (unpaired) electrons. The normalized spacial score (nSPS) is 21.4. The molecule has 14 heteroatoms. The van der Waals surface area contributed by atoms with Crippen LogP contribution in [0.2, 0.25) is 0 Å². The van der Waals surface area contributed by atoms with Gasteiger partial charge < -0.3 is 10.2 Å². The van der Waals surface area contributed by atoms with Gasteiger partial charge in [0.15, 0.2) is 0 Å². The van der Waals surface area contributed by atoms with E-state index in [1.807, 2.05) is 0 Å². The van der Waals surface area contributed by atoms with Crippen molar-refractivity contribution in [1.82, 2.24) is 14.5 Å². The molecule has 4 rings (SSSR count). The van der Waals surface area contributed by atoms with Gasteiger partial charge in [-0.1, -0.05) is 6.07 Å². The topological polar surface area (TPSA) is 69.7 Å². The molecule has 2 fully saturated rings. The van der Waals surface area contributed by atoms with E-state index in [0.29, 0.717) is 49.2 Å². The smallest absolute Gasteiger partial charge is 0.341 e. The van der Waals surface area contributed by atoms with Gasteiger partial charge in [-0.25, -0.2) is 17.1 Å². The molecule has 2 saturated heterocycles. The SMILES string of the molecule is Cc1cc(F)ccc1[C@@H]1CN(S(=O)(=O)C2CCNCC2)CC[C@H]1C(=O)N(C)Cc1cc(C(F)(F)F)cc(C(F)(F)F)c1. The fourth-order valence-electron chi connectivity index (χ4n) is 5.87. The van der Waals surface area contributed by atoms with Crippen molar-refractivity contribution in [2.75, 3.05) is 33.2 Å². The summed E-state index contributed by atoms with van der Waals surface area (Å²) in [6, 6.07) is 5.14. The maximum atomic E-state index is 13.9. The molecule has 2 aliphatic rings. The van der Waals surface area contributed by atoms with E-state index in [0.717, 1.165) is 4.90 Å². The molecule has 0 unspecified atom stereocenters. The average Bonchev–Trinajstić information content (AvgIpc) is 2.91. The van der Waals surface area contributed by atoms with Crippen LogP contribution >= 0.6 is 0 Å². The largest absolute Gasteiger partial charge is 0.416 e. The highest BCUT2D eigenvalue weighted by molar-refractivity contribution is 7.89. The van der Waals surface area contributed by atoms with E-state index >= 15 is 0 Å². The Morgan fingerprint density at radius 3 is 2.12 bits per heavy atom. The number of alkyl halides is 6. The summed E-state index contributed by atoms with van der Waals surface area (Å²) in [5.74, 6) is -2.63. The number of carbonyl (C=O) groups is 1. The second-order valence-electron chi connectivity index (χ2n) is 11.0. The number of carbonyl (C=O) groups excluding carboxylic acids is 1. The van der Waals surface area contributed by atoms with Crippen LogP contribution in [0.1, 0.15) is 53.0 Å². The van der Waals surface area contributed by atoms with Gasteiger partial charge in [0, 0.05) is 38.5 Å². The molecule has 1 amide bonds. The van der Waals surface area contributed by atoms with Crippen LogP contribution in [0.15, 0.2) is 36.4 Å². The van der Waals surface area contributed by atoms with Gasteiger partial charge in [-0.05, 0) is 86.3 Å². The number of hydrogen-bond acceptors (Lipinski definition) is 4. The Bertz CT molecular complexity index is 1370. The molecule has 6 nitrogen and oxygen atoms in total. The number of hydrogen-bond donors (Lipinski definition) is 1. The summed E-state index contributed by atoms with van der Waals surface area (Å²) in [4.78, 5) is 14.8. The van der Waals surface area contributed by atoms with E-state index in [1.165, 1.54) is 29.6 Å². The van der Waals surface area contributed by atoms with Crippen molar-refractivity contribution in [3.63, 3.8) is 0 Å². The van der Waals surface area contributed by atoms with Crippen molar-refractivity contribution in [2.24, 2.45) is 5.92 Å². The molecule has 0 aromatic heterocycles. The van der Waals surface area contributed by atoms with Gasteiger partial charge in [-0.15, -0.1) is 0 Å². The first kappa shape index (κ1) is 32.2. The Labute approximate surface area is 239 Å². The molecule has 2 heterocycles. The second kappa shape index (κ2) is 12.1. The van der Waals surface area contributed by atoms with Crippen molar-refractivity contribution < 1.29 is 43.9 Å². The van der Waals surface area contributed by atoms with E-state index in [1.54, 1.807) is 6.92 Å². The third-order valence-electron chi connectivity index (χ3n) is 8.03. The van der Waals surface area contributed by atoms with E-state index < -0.39 is 68.9 Å². The van der Waals surface area contributed by atoms with Crippen molar-refractivity contribution in [3.05, 3.63) is 70.0 Å². The minimum absolute atomic E-state index is 0.0228. The van der Waals surface area contributed by atoms with Crippen LogP contribution < -0.4 is 5.32 Å². The van der Waals surface area contributed by atoms with Gasteiger partial charge >= 0.3 is 12.4 Å². The average molecular weight is 624 g/mol. The zero-order valence-corrected chi connectivity index (χ0v) is 23.8. The monoisotopic (exact) mass is 623 g/mol. The third-order valence-corrected chi connectivity index (χ3v) is 10.4. The van der Waals surface area contributed by atoms with Crippen LogP contribution in [0, 0.1) is 18.7 Å². The lowest BCUT2D eigenvalue weighted by Gasteiger charge is -2.41. The van der Waals surface area contributed by atoms with E-state index in [4.69, 9.17) is 0 Å². The maximum Gasteiger partial charge on any atom is 0.416 e. The summed E-state index contributed by atoms with van der Waals surface area (Å²) in [6.07, 6.45) is -9.12. The number of nitrogens with one attached hydrogen (secondary N) is 1. The zero-order valence-electron chi connectivity index (χ0n) is 23.0. The number of halogens is 7. The van der Waals surface area contributed by atoms with Gasteiger partial charge in [0.1, 0.15) is 5.82 Å². The zero-order chi connectivity index (χ0) is 31.0. The Balaban J connectivity index is 1.63. The molecule has 232 valence electrons. The van der Waals surface area contributed by atoms with E-state index in [-0.39, 0.29) is 31.1 Å². The molecule has 2 aromatic carbocycles. The van der Waals surface area contributed by atoms with Crippen molar-refractivity contribution >= 4 is 15.9 Å². The number of benzene rings is 2. The predicted molar refractivity (Wildman–Crippen MR) is 141 cm³/mol. The van der Waals surface area contributed by atoms with Crippen molar-refractivity contribution in [1.29, 1.82) is 0 Å². The lowest BCUT2D eigenvalue weighted by molar-refractivity contribution is -0.143. The first-order chi connectivity index (χ1) is 19.5. The molecular formula is C28H32F7N3O3S. The van der Waals surface area contributed by atoms with Crippen molar-refractivity contribution in [3.8, 4) is 0 Å². The molecule has 2 aromatic rings. The minimum Gasteiger partial charge on any atom is -0.341 e. The first-order valence-corrected chi connectivity index (χ1v) is 15.0. The molecule has 0 aliphatic carbocycles. The Morgan fingerprint density at radius 2 is 1.57 bits per heavy atom. The van der Waals surface area contributed by atoms with Gasteiger partial charge in [0.05, 0.1) is 16.4 Å². The maximum absolute atomic E-state index is 13.9. The molecule has 2 atom stereocenters. The fourth-order valence-corrected chi connectivity index (χ4v) is 7.85. The first-order valence-electron chi connectivity index (χ1n) is 13.5. The summed E-state index contributed by atoms with van der Waals surface area (Å²) in [5.41, 5.74) is -2.27. The number of nitrogens with zero attached hydrogens (tertiary/aromatic N) is 2. The summed E-state index contributed by atoms with van der Waals surface area (Å²) >= 11 is 0. The van der Waals surface area contributed by atoms with E-state index in [2.05, 4.69) is 5.32 Å². The number of sulfonamides is 1. The van der Waals surface area contributed by atoms with Gasteiger partial charge in [-0.2, -0.15) is 26.3 Å². The van der Waals surface area contributed by atoms with Crippen LogP contribution in [0.4, 0.5) is 30.7 Å². The van der Waals surface area contributed by atoms with Crippen LogP contribution in [0.3, 0.4) is 0 Å². The summed E-state index contributed by atoms with van der Waals surface area (Å²) in [6.45, 7) is 2.16. The van der Waals surface area contributed by atoms with Crippen LogP contribution in [0.25, 0.3) is 0 Å². The molecule has 42 heavy (non-hydrogen) atoms. The summed E-state index contributed by atoms with van der Waals surface area (Å²) in [5, 5.41) is 2.53. The molecule has 0 bridgehead atoms. The second-order valence-corrected chi connectivity index (χ2v) is 13.2. The molecule has 0 spiro atoms. The van der Waals surface area contributed by atoms with Crippen LogP contribution in [-0.4, -0.2) is 62.0 Å². The number of amides is 1. The Hall–Kier alpha value is -2.71. The Morgan fingerprint density at radius 1 is 0.976 bits per heavy atom. The lowest BCUT2D eigenvalue weighted by atomic mass is 9.79. The van der Waals surface area contributed by atoms with Gasteiger partial charge in [0.25, 0.3) is 0 Å². The molecule has 1 N–H and O–H groups in total. The van der Waals surface area contributed by atoms with Crippen LogP contribution in [0.5, 0.6) is 0 Å². The highest BCUT2D eigenvalue weighted by Gasteiger charge is 2.43. The number of rotatable bonds is 6. The quantitative estimate of drug-likeness (QED) is 0.443.